The van der Waals surface area contributed by atoms with E-state index in [1.54, 1.807) is 24.3 Å². The van der Waals surface area contributed by atoms with Crippen LogP contribution in [-0.4, -0.2) is 22.8 Å². The topological polar surface area (TPSA) is 86.5 Å². The largest absolute Gasteiger partial charge is 0.454 e. The van der Waals surface area contributed by atoms with Gasteiger partial charge in [0.05, 0.1) is 0 Å². The van der Waals surface area contributed by atoms with E-state index in [1.807, 2.05) is 18.2 Å². The number of carbonyl (C=O) groups excluding carboxylic acids is 1. The quantitative estimate of drug-likeness (QED) is 0.772. The minimum absolute atomic E-state index is 0.125. The molecule has 1 amide bonds. The van der Waals surface area contributed by atoms with Gasteiger partial charge in [-0.3, -0.25) is 4.79 Å². The Kier molecular flexibility index (Phi) is 3.99. The lowest BCUT2D eigenvalue weighted by Gasteiger charge is -2.04. The lowest BCUT2D eigenvalue weighted by Crippen LogP contribution is -2.23. The van der Waals surface area contributed by atoms with Gasteiger partial charge in [-0.1, -0.05) is 35.0 Å². The number of amides is 1. The van der Waals surface area contributed by atoms with Gasteiger partial charge in [0.1, 0.15) is 0 Å². The van der Waals surface area contributed by atoms with Crippen LogP contribution in [0.3, 0.4) is 0 Å². The summed E-state index contributed by atoms with van der Waals surface area (Å²) in [5.41, 5.74) is 1.46. The van der Waals surface area contributed by atoms with E-state index in [9.17, 15) is 4.79 Å². The van der Waals surface area contributed by atoms with Crippen molar-refractivity contribution in [2.75, 3.05) is 6.79 Å². The fourth-order valence-corrected chi connectivity index (χ4v) is 2.56. The zero-order chi connectivity index (χ0) is 17.2. The standard InChI is InChI=1S/C17H12ClN3O4/c18-12-4-2-1-3-11(12)8-19-16(22)17-20-15(21-25-17)10-5-6-13-14(7-10)24-9-23-13/h1-7H,8-9H2,(H,19,22). The van der Waals surface area contributed by atoms with Crippen LogP contribution in [0.2, 0.25) is 5.02 Å². The molecule has 3 aromatic rings. The number of carbonyl (C=O) groups is 1. The maximum absolute atomic E-state index is 12.2. The molecule has 0 atom stereocenters. The second-order valence-electron chi connectivity index (χ2n) is 5.27. The van der Waals surface area contributed by atoms with Gasteiger partial charge in [0, 0.05) is 17.1 Å². The highest BCUT2D eigenvalue weighted by Crippen LogP contribution is 2.35. The summed E-state index contributed by atoms with van der Waals surface area (Å²) < 4.78 is 15.6. The van der Waals surface area contributed by atoms with Crippen molar-refractivity contribution in [1.29, 1.82) is 0 Å². The summed E-state index contributed by atoms with van der Waals surface area (Å²) in [5, 5.41) is 7.11. The van der Waals surface area contributed by atoms with Gasteiger partial charge in [0.25, 0.3) is 0 Å². The molecule has 4 rings (SSSR count). The first-order valence-electron chi connectivity index (χ1n) is 7.46. The van der Waals surface area contributed by atoms with Crippen molar-refractivity contribution in [3.05, 3.63) is 58.9 Å². The molecule has 0 radical (unpaired) electrons. The lowest BCUT2D eigenvalue weighted by molar-refractivity contribution is 0.0907. The van der Waals surface area contributed by atoms with Crippen LogP contribution in [0.4, 0.5) is 0 Å². The van der Waals surface area contributed by atoms with Crippen molar-refractivity contribution in [2.45, 2.75) is 6.54 Å². The molecule has 2 aromatic carbocycles. The van der Waals surface area contributed by atoms with Gasteiger partial charge in [-0.2, -0.15) is 4.98 Å². The van der Waals surface area contributed by atoms with Crippen LogP contribution in [0.5, 0.6) is 11.5 Å². The predicted molar refractivity (Wildman–Crippen MR) is 88.5 cm³/mol. The summed E-state index contributed by atoms with van der Waals surface area (Å²) in [6.45, 7) is 0.445. The van der Waals surface area contributed by atoms with E-state index in [-0.39, 0.29) is 19.2 Å². The SMILES string of the molecule is O=C(NCc1ccccc1Cl)c1nc(-c2ccc3c(c2)OCO3)no1. The number of ether oxygens (including phenoxy) is 2. The number of nitrogens with zero attached hydrogens (tertiary/aromatic N) is 2. The Bertz CT molecular complexity index is 941. The molecule has 8 heteroatoms. The third-order valence-corrected chi connectivity index (χ3v) is 4.02. The molecule has 0 unspecified atom stereocenters. The normalized spacial score (nSPS) is 12.2. The molecule has 0 fully saturated rings. The lowest BCUT2D eigenvalue weighted by atomic mass is 10.2. The van der Waals surface area contributed by atoms with E-state index < -0.39 is 5.91 Å². The number of aromatic nitrogens is 2. The number of benzene rings is 2. The molecule has 2 heterocycles. The molecule has 1 aliphatic rings. The van der Waals surface area contributed by atoms with Crippen LogP contribution in [0.1, 0.15) is 16.2 Å². The van der Waals surface area contributed by atoms with E-state index in [2.05, 4.69) is 15.5 Å². The fraction of sp³-hybridized carbons (Fsp3) is 0.118. The molecular weight excluding hydrogens is 346 g/mol. The van der Waals surface area contributed by atoms with Crippen molar-refractivity contribution in [1.82, 2.24) is 15.5 Å². The highest BCUT2D eigenvalue weighted by molar-refractivity contribution is 6.31. The third kappa shape index (κ3) is 3.14. The number of fused-ring (bicyclic) bond motifs is 1. The first kappa shape index (κ1) is 15.5. The highest BCUT2D eigenvalue weighted by Gasteiger charge is 2.19. The van der Waals surface area contributed by atoms with E-state index in [0.717, 1.165) is 5.56 Å². The zero-order valence-electron chi connectivity index (χ0n) is 12.9. The van der Waals surface area contributed by atoms with Gasteiger partial charge in [0.15, 0.2) is 11.5 Å². The van der Waals surface area contributed by atoms with Crippen molar-refractivity contribution in [3.8, 4) is 22.9 Å². The second kappa shape index (κ2) is 6.45. The van der Waals surface area contributed by atoms with E-state index in [1.165, 1.54) is 0 Å². The molecule has 0 bridgehead atoms. The van der Waals surface area contributed by atoms with Crippen molar-refractivity contribution in [2.24, 2.45) is 0 Å². The van der Waals surface area contributed by atoms with Gasteiger partial charge < -0.3 is 19.3 Å². The molecule has 0 saturated carbocycles. The molecule has 7 nitrogen and oxygen atoms in total. The summed E-state index contributed by atoms with van der Waals surface area (Å²) in [6.07, 6.45) is 0. The molecule has 126 valence electrons. The van der Waals surface area contributed by atoms with Crippen LogP contribution in [0.15, 0.2) is 47.0 Å². The van der Waals surface area contributed by atoms with Crippen LogP contribution < -0.4 is 14.8 Å². The fourth-order valence-electron chi connectivity index (χ4n) is 2.36. The molecule has 0 spiro atoms. The minimum atomic E-state index is -0.473. The van der Waals surface area contributed by atoms with E-state index in [4.69, 9.17) is 25.6 Å². The van der Waals surface area contributed by atoms with Crippen molar-refractivity contribution >= 4 is 17.5 Å². The molecule has 0 aliphatic carbocycles. The molecule has 25 heavy (non-hydrogen) atoms. The Morgan fingerprint density at radius 1 is 1.16 bits per heavy atom. The smallest absolute Gasteiger partial charge is 0.316 e. The van der Waals surface area contributed by atoms with Crippen LogP contribution >= 0.6 is 11.6 Å². The van der Waals surface area contributed by atoms with Crippen molar-refractivity contribution in [3.63, 3.8) is 0 Å². The van der Waals surface area contributed by atoms with Gasteiger partial charge in [-0.15, -0.1) is 0 Å². The average molecular weight is 358 g/mol. The first-order valence-corrected chi connectivity index (χ1v) is 7.84. The Morgan fingerprint density at radius 3 is 2.88 bits per heavy atom. The minimum Gasteiger partial charge on any atom is -0.454 e. The second-order valence-corrected chi connectivity index (χ2v) is 5.67. The number of hydrogen-bond donors (Lipinski definition) is 1. The number of nitrogens with one attached hydrogen (secondary N) is 1. The van der Waals surface area contributed by atoms with Gasteiger partial charge >= 0.3 is 11.8 Å². The predicted octanol–water partition coefficient (Wildman–Crippen LogP) is 3.05. The number of rotatable bonds is 4. The molecule has 1 aliphatic heterocycles. The Balaban J connectivity index is 1.47. The molecule has 1 N–H and O–H groups in total. The number of hydrogen-bond acceptors (Lipinski definition) is 6. The third-order valence-electron chi connectivity index (χ3n) is 3.65. The molecular formula is C17H12ClN3O4. The van der Waals surface area contributed by atoms with E-state index in [0.29, 0.717) is 27.9 Å². The summed E-state index contributed by atoms with van der Waals surface area (Å²) in [6, 6.07) is 12.5. The van der Waals surface area contributed by atoms with Crippen LogP contribution in [0, 0.1) is 0 Å². The average Bonchev–Trinajstić information content (AvgIpc) is 3.29. The monoisotopic (exact) mass is 357 g/mol. The van der Waals surface area contributed by atoms with Crippen LogP contribution in [-0.2, 0) is 6.54 Å². The summed E-state index contributed by atoms with van der Waals surface area (Å²) >= 11 is 6.06. The van der Waals surface area contributed by atoms with Gasteiger partial charge in [-0.25, -0.2) is 0 Å². The Hall–Kier alpha value is -3.06. The Morgan fingerprint density at radius 2 is 2.00 bits per heavy atom. The maximum atomic E-state index is 12.2. The van der Waals surface area contributed by atoms with Crippen LogP contribution in [0.25, 0.3) is 11.4 Å². The summed E-state index contributed by atoms with van der Waals surface area (Å²) in [5.74, 6) is 0.956. The Labute approximate surface area is 147 Å². The summed E-state index contributed by atoms with van der Waals surface area (Å²) in [7, 11) is 0. The van der Waals surface area contributed by atoms with Gasteiger partial charge in [-0.05, 0) is 29.8 Å². The first-order chi connectivity index (χ1) is 12.2. The van der Waals surface area contributed by atoms with E-state index >= 15 is 0 Å². The zero-order valence-corrected chi connectivity index (χ0v) is 13.6. The summed E-state index contributed by atoms with van der Waals surface area (Å²) in [4.78, 5) is 16.3. The molecule has 0 saturated heterocycles. The molecule has 1 aromatic heterocycles. The maximum Gasteiger partial charge on any atom is 0.316 e. The highest BCUT2D eigenvalue weighted by atomic mass is 35.5. The van der Waals surface area contributed by atoms with Crippen molar-refractivity contribution < 1.29 is 18.8 Å². The number of halogens is 1. The van der Waals surface area contributed by atoms with Gasteiger partial charge in [0.2, 0.25) is 12.6 Å².